The molecule has 0 heterocycles. The lowest BCUT2D eigenvalue weighted by Crippen LogP contribution is -2.35. The Hall–Kier alpha value is -0.120. The van der Waals surface area contributed by atoms with Gasteiger partial charge in [-0.15, -0.1) is 0 Å². The van der Waals surface area contributed by atoms with Gasteiger partial charge in [-0.05, 0) is 26.9 Å². The third-order valence-electron chi connectivity index (χ3n) is 1.99. The molecule has 0 aromatic rings. The Morgan fingerprint density at radius 2 is 1.77 bits per heavy atom. The van der Waals surface area contributed by atoms with Crippen LogP contribution in [0.4, 0.5) is 0 Å². The van der Waals surface area contributed by atoms with Gasteiger partial charge in [-0.2, -0.15) is 0 Å². The lowest BCUT2D eigenvalue weighted by molar-refractivity contribution is -0.00727. The summed E-state index contributed by atoms with van der Waals surface area (Å²) in [6.45, 7) is 11.3. The van der Waals surface area contributed by atoms with Crippen LogP contribution in [0.25, 0.3) is 0 Å². The van der Waals surface area contributed by atoms with Crippen LogP contribution < -0.4 is 0 Å². The molecule has 1 atom stereocenters. The van der Waals surface area contributed by atoms with Crippen LogP contribution in [0, 0.1) is 0 Å². The number of hydrogen-bond donors (Lipinski definition) is 1. The van der Waals surface area contributed by atoms with Gasteiger partial charge in [0.15, 0.2) is 0 Å². The van der Waals surface area contributed by atoms with Gasteiger partial charge in [-0.25, -0.2) is 0 Å². The van der Waals surface area contributed by atoms with E-state index in [1.807, 2.05) is 13.8 Å². The molecule has 0 aromatic heterocycles. The van der Waals surface area contributed by atoms with E-state index in [1.165, 1.54) is 0 Å². The molecule has 0 bridgehead atoms. The van der Waals surface area contributed by atoms with Crippen LogP contribution in [0.3, 0.4) is 0 Å². The summed E-state index contributed by atoms with van der Waals surface area (Å²) in [5.74, 6) is 0. The van der Waals surface area contributed by atoms with E-state index in [2.05, 4.69) is 18.7 Å². The average molecular weight is 189 g/mol. The zero-order valence-electron chi connectivity index (χ0n) is 9.29. The van der Waals surface area contributed by atoms with E-state index in [-0.39, 0.29) is 12.2 Å². The summed E-state index contributed by atoms with van der Waals surface area (Å²) in [4.78, 5) is 2.19. The van der Waals surface area contributed by atoms with E-state index in [1.54, 1.807) is 0 Å². The van der Waals surface area contributed by atoms with Crippen LogP contribution in [0.2, 0.25) is 0 Å². The minimum absolute atomic E-state index is 0.200. The van der Waals surface area contributed by atoms with Crippen LogP contribution in [0.1, 0.15) is 27.7 Å². The van der Waals surface area contributed by atoms with E-state index in [0.29, 0.717) is 13.2 Å². The summed E-state index contributed by atoms with van der Waals surface area (Å²) >= 11 is 0. The SMILES string of the molecule is CCN(CC)CC(O)COC(C)C. The standard InChI is InChI=1S/C10H23NO2/c1-5-11(6-2)7-10(12)8-13-9(3)4/h9-10,12H,5-8H2,1-4H3. The van der Waals surface area contributed by atoms with Gasteiger partial charge in [0.25, 0.3) is 0 Å². The summed E-state index contributed by atoms with van der Waals surface area (Å²) in [6, 6.07) is 0. The van der Waals surface area contributed by atoms with Gasteiger partial charge in [0.2, 0.25) is 0 Å². The van der Waals surface area contributed by atoms with Crippen molar-refractivity contribution in [2.75, 3.05) is 26.2 Å². The Morgan fingerprint density at radius 3 is 2.15 bits per heavy atom. The maximum absolute atomic E-state index is 9.56. The molecule has 80 valence electrons. The normalized spacial score (nSPS) is 14.1. The number of rotatable bonds is 7. The molecule has 1 N–H and O–H groups in total. The molecule has 0 radical (unpaired) electrons. The first kappa shape index (κ1) is 12.9. The van der Waals surface area contributed by atoms with Crippen molar-refractivity contribution in [3.8, 4) is 0 Å². The molecule has 1 unspecified atom stereocenters. The zero-order valence-corrected chi connectivity index (χ0v) is 9.29. The summed E-state index contributed by atoms with van der Waals surface area (Å²) in [5.41, 5.74) is 0. The van der Waals surface area contributed by atoms with Crippen LogP contribution in [-0.4, -0.2) is 48.5 Å². The highest BCUT2D eigenvalue weighted by atomic mass is 16.5. The van der Waals surface area contributed by atoms with Gasteiger partial charge >= 0.3 is 0 Å². The minimum atomic E-state index is -0.359. The highest BCUT2D eigenvalue weighted by Crippen LogP contribution is 1.95. The fourth-order valence-corrected chi connectivity index (χ4v) is 1.14. The van der Waals surface area contributed by atoms with Gasteiger partial charge < -0.3 is 14.7 Å². The first-order chi connectivity index (χ1) is 6.10. The topological polar surface area (TPSA) is 32.7 Å². The zero-order chi connectivity index (χ0) is 10.3. The first-order valence-electron chi connectivity index (χ1n) is 5.12. The fraction of sp³-hybridized carbons (Fsp3) is 1.00. The highest BCUT2D eigenvalue weighted by molar-refractivity contribution is 4.61. The molecule has 0 rings (SSSR count). The fourth-order valence-electron chi connectivity index (χ4n) is 1.14. The Balaban J connectivity index is 3.53. The van der Waals surface area contributed by atoms with Crippen molar-refractivity contribution in [2.24, 2.45) is 0 Å². The number of ether oxygens (including phenoxy) is 1. The van der Waals surface area contributed by atoms with Crippen molar-refractivity contribution in [3.63, 3.8) is 0 Å². The Labute approximate surface area is 81.7 Å². The monoisotopic (exact) mass is 189 g/mol. The molecule has 13 heavy (non-hydrogen) atoms. The van der Waals surface area contributed by atoms with E-state index >= 15 is 0 Å². The van der Waals surface area contributed by atoms with Crippen LogP contribution in [0.5, 0.6) is 0 Å². The van der Waals surface area contributed by atoms with Gasteiger partial charge in [0.05, 0.1) is 18.8 Å². The summed E-state index contributed by atoms with van der Waals surface area (Å²) in [5, 5.41) is 9.56. The molecule has 0 aliphatic rings. The molecule has 0 fully saturated rings. The van der Waals surface area contributed by atoms with Crippen molar-refractivity contribution in [1.29, 1.82) is 0 Å². The highest BCUT2D eigenvalue weighted by Gasteiger charge is 2.09. The molecule has 0 saturated carbocycles. The lowest BCUT2D eigenvalue weighted by Gasteiger charge is -2.22. The molecule has 3 nitrogen and oxygen atoms in total. The lowest BCUT2D eigenvalue weighted by atomic mass is 10.3. The van der Waals surface area contributed by atoms with Gasteiger partial charge in [0.1, 0.15) is 0 Å². The van der Waals surface area contributed by atoms with Crippen molar-refractivity contribution >= 4 is 0 Å². The van der Waals surface area contributed by atoms with Crippen LogP contribution in [0.15, 0.2) is 0 Å². The molecule has 0 aliphatic heterocycles. The second-order valence-corrected chi connectivity index (χ2v) is 3.52. The average Bonchev–Trinajstić information content (AvgIpc) is 2.10. The Morgan fingerprint density at radius 1 is 1.23 bits per heavy atom. The molecule has 0 spiro atoms. The Kier molecular flexibility index (Phi) is 7.23. The predicted molar refractivity (Wildman–Crippen MR) is 54.9 cm³/mol. The van der Waals surface area contributed by atoms with Gasteiger partial charge in [0, 0.05) is 6.54 Å². The van der Waals surface area contributed by atoms with E-state index in [0.717, 1.165) is 13.1 Å². The van der Waals surface area contributed by atoms with Gasteiger partial charge in [-0.1, -0.05) is 13.8 Å². The second kappa shape index (κ2) is 7.30. The third-order valence-corrected chi connectivity index (χ3v) is 1.99. The third kappa shape index (κ3) is 6.99. The van der Waals surface area contributed by atoms with E-state index < -0.39 is 0 Å². The second-order valence-electron chi connectivity index (χ2n) is 3.52. The number of likely N-dealkylation sites (N-methyl/N-ethyl adjacent to an activating group) is 1. The summed E-state index contributed by atoms with van der Waals surface area (Å²) in [6.07, 6.45) is -0.159. The molecule has 3 heteroatoms. The summed E-state index contributed by atoms with van der Waals surface area (Å²) < 4.78 is 5.32. The maximum Gasteiger partial charge on any atom is 0.0900 e. The van der Waals surface area contributed by atoms with Gasteiger partial charge in [-0.3, -0.25) is 0 Å². The smallest absolute Gasteiger partial charge is 0.0900 e. The molecular formula is C10H23NO2. The molecule has 0 saturated heterocycles. The quantitative estimate of drug-likeness (QED) is 0.651. The molecule has 0 aromatic carbocycles. The van der Waals surface area contributed by atoms with Crippen molar-refractivity contribution < 1.29 is 9.84 Å². The number of hydrogen-bond acceptors (Lipinski definition) is 3. The molecule has 0 aliphatic carbocycles. The number of nitrogens with zero attached hydrogens (tertiary/aromatic N) is 1. The molecule has 0 amide bonds. The largest absolute Gasteiger partial charge is 0.389 e. The summed E-state index contributed by atoms with van der Waals surface area (Å²) in [7, 11) is 0. The first-order valence-corrected chi connectivity index (χ1v) is 5.12. The Bertz CT molecular complexity index is 113. The van der Waals surface area contributed by atoms with Crippen LogP contribution >= 0.6 is 0 Å². The number of aliphatic hydroxyl groups is 1. The predicted octanol–water partition coefficient (Wildman–Crippen LogP) is 1.11. The molecular weight excluding hydrogens is 166 g/mol. The van der Waals surface area contributed by atoms with E-state index in [9.17, 15) is 5.11 Å². The van der Waals surface area contributed by atoms with E-state index in [4.69, 9.17) is 4.74 Å². The number of aliphatic hydroxyl groups excluding tert-OH is 1. The van der Waals surface area contributed by atoms with Crippen molar-refractivity contribution in [3.05, 3.63) is 0 Å². The minimum Gasteiger partial charge on any atom is -0.389 e. The maximum atomic E-state index is 9.56. The van der Waals surface area contributed by atoms with Crippen molar-refractivity contribution in [2.45, 2.75) is 39.9 Å². The van der Waals surface area contributed by atoms with Crippen molar-refractivity contribution in [1.82, 2.24) is 4.90 Å². The van der Waals surface area contributed by atoms with Crippen LogP contribution in [-0.2, 0) is 4.74 Å².